The van der Waals surface area contributed by atoms with Gasteiger partial charge in [-0.05, 0) is 38.4 Å². The largest absolute Gasteiger partial charge is 0.358 e. The molecule has 5 heteroatoms. The predicted octanol–water partition coefficient (Wildman–Crippen LogP) is 1.61. The summed E-state index contributed by atoms with van der Waals surface area (Å²) in [5, 5.41) is 3.39. The van der Waals surface area contributed by atoms with E-state index in [0.29, 0.717) is 5.92 Å². The normalized spacial score (nSPS) is 19.4. The van der Waals surface area contributed by atoms with Gasteiger partial charge in [0.05, 0.1) is 18.1 Å². The first-order valence-corrected chi connectivity index (χ1v) is 7.96. The van der Waals surface area contributed by atoms with Gasteiger partial charge in [0.25, 0.3) is 0 Å². The van der Waals surface area contributed by atoms with Crippen LogP contribution in [0.2, 0.25) is 0 Å². The van der Waals surface area contributed by atoms with Crippen LogP contribution >= 0.6 is 0 Å². The quantitative estimate of drug-likeness (QED) is 0.827. The van der Waals surface area contributed by atoms with Crippen LogP contribution in [-0.4, -0.2) is 55.1 Å². The Morgan fingerprint density at radius 3 is 2.76 bits per heavy atom. The second-order valence-electron chi connectivity index (χ2n) is 6.69. The van der Waals surface area contributed by atoms with Gasteiger partial charge in [0, 0.05) is 26.7 Å². The predicted molar refractivity (Wildman–Crippen MR) is 87.5 cm³/mol. The first-order chi connectivity index (χ1) is 10.0. The Morgan fingerprint density at radius 1 is 1.38 bits per heavy atom. The molecule has 0 spiro atoms. The molecule has 21 heavy (non-hydrogen) atoms. The van der Waals surface area contributed by atoms with E-state index in [-0.39, 0.29) is 0 Å². The van der Waals surface area contributed by atoms with Gasteiger partial charge in [-0.2, -0.15) is 0 Å². The molecule has 2 rings (SSSR count). The van der Waals surface area contributed by atoms with E-state index in [1.165, 1.54) is 19.5 Å². The summed E-state index contributed by atoms with van der Waals surface area (Å²) >= 11 is 0. The van der Waals surface area contributed by atoms with E-state index in [0.717, 1.165) is 37.1 Å². The van der Waals surface area contributed by atoms with Crippen molar-refractivity contribution in [1.29, 1.82) is 0 Å². The summed E-state index contributed by atoms with van der Waals surface area (Å²) in [6.45, 7) is 9.68. The van der Waals surface area contributed by atoms with Gasteiger partial charge in [-0.25, -0.2) is 4.98 Å². The van der Waals surface area contributed by atoms with Crippen molar-refractivity contribution < 1.29 is 0 Å². The standard InChI is InChI=1S/C16H29N5/c1-13(2)7-17-8-15-9-19-16(10-18-15)21(4)12-14-5-6-20(3)11-14/h9-10,13-14,17H,5-8,11-12H2,1-4H3. The van der Waals surface area contributed by atoms with Gasteiger partial charge in [-0.1, -0.05) is 13.8 Å². The molecule has 0 bridgehead atoms. The molecule has 1 fully saturated rings. The van der Waals surface area contributed by atoms with E-state index < -0.39 is 0 Å². The molecule has 118 valence electrons. The molecule has 0 radical (unpaired) electrons. The molecule has 0 aliphatic carbocycles. The van der Waals surface area contributed by atoms with Crippen LogP contribution in [0.5, 0.6) is 0 Å². The Balaban J connectivity index is 1.80. The Hall–Kier alpha value is -1.20. The van der Waals surface area contributed by atoms with Gasteiger partial charge in [0.15, 0.2) is 0 Å². The number of nitrogens with zero attached hydrogens (tertiary/aromatic N) is 4. The summed E-state index contributed by atoms with van der Waals surface area (Å²) < 4.78 is 0. The summed E-state index contributed by atoms with van der Waals surface area (Å²) in [5.74, 6) is 2.37. The van der Waals surface area contributed by atoms with E-state index in [9.17, 15) is 0 Å². The van der Waals surface area contributed by atoms with Gasteiger partial charge in [0.1, 0.15) is 5.82 Å². The number of rotatable bonds is 7. The van der Waals surface area contributed by atoms with Crippen LogP contribution in [0, 0.1) is 11.8 Å². The fourth-order valence-electron chi connectivity index (χ4n) is 2.78. The van der Waals surface area contributed by atoms with Crippen LogP contribution in [0.4, 0.5) is 5.82 Å². The fourth-order valence-corrected chi connectivity index (χ4v) is 2.78. The molecule has 1 atom stereocenters. The Kier molecular flexibility index (Phi) is 5.94. The van der Waals surface area contributed by atoms with Crippen molar-refractivity contribution in [3.63, 3.8) is 0 Å². The zero-order valence-corrected chi connectivity index (χ0v) is 13.8. The summed E-state index contributed by atoms with van der Waals surface area (Å²) in [6.07, 6.45) is 5.07. The molecule has 1 aromatic heterocycles. The molecule has 1 aromatic rings. The molecule has 0 saturated carbocycles. The lowest BCUT2D eigenvalue weighted by Gasteiger charge is -2.21. The highest BCUT2D eigenvalue weighted by atomic mass is 15.2. The Labute approximate surface area is 128 Å². The van der Waals surface area contributed by atoms with Crippen LogP contribution in [0.15, 0.2) is 12.4 Å². The topological polar surface area (TPSA) is 44.3 Å². The average molecular weight is 291 g/mol. The summed E-state index contributed by atoms with van der Waals surface area (Å²) in [7, 11) is 4.30. The van der Waals surface area contributed by atoms with E-state index in [1.807, 2.05) is 12.4 Å². The third-order valence-electron chi connectivity index (χ3n) is 3.96. The van der Waals surface area contributed by atoms with Crippen molar-refractivity contribution in [3.05, 3.63) is 18.1 Å². The molecule has 0 amide bonds. The minimum absolute atomic E-state index is 0.660. The smallest absolute Gasteiger partial charge is 0.146 e. The molecule has 1 N–H and O–H groups in total. The van der Waals surface area contributed by atoms with Gasteiger partial charge in [-0.15, -0.1) is 0 Å². The number of nitrogens with one attached hydrogen (secondary N) is 1. The van der Waals surface area contributed by atoms with Crippen LogP contribution in [-0.2, 0) is 6.54 Å². The Morgan fingerprint density at radius 2 is 2.19 bits per heavy atom. The first-order valence-electron chi connectivity index (χ1n) is 7.96. The fraction of sp³-hybridized carbons (Fsp3) is 0.750. The molecule has 1 unspecified atom stereocenters. The van der Waals surface area contributed by atoms with Crippen molar-refractivity contribution >= 4 is 5.82 Å². The van der Waals surface area contributed by atoms with Crippen LogP contribution in [0.3, 0.4) is 0 Å². The molecule has 0 aromatic carbocycles. The van der Waals surface area contributed by atoms with Gasteiger partial charge in [0.2, 0.25) is 0 Å². The van der Waals surface area contributed by atoms with Crippen LogP contribution in [0.1, 0.15) is 26.0 Å². The van der Waals surface area contributed by atoms with Crippen LogP contribution < -0.4 is 10.2 Å². The highest BCUT2D eigenvalue weighted by molar-refractivity contribution is 5.34. The number of hydrogen-bond acceptors (Lipinski definition) is 5. The van der Waals surface area contributed by atoms with Gasteiger partial charge >= 0.3 is 0 Å². The van der Waals surface area contributed by atoms with Gasteiger partial charge < -0.3 is 15.1 Å². The van der Waals surface area contributed by atoms with Crippen molar-refractivity contribution in [2.24, 2.45) is 11.8 Å². The minimum Gasteiger partial charge on any atom is -0.358 e. The van der Waals surface area contributed by atoms with E-state index in [4.69, 9.17) is 0 Å². The summed E-state index contributed by atoms with van der Waals surface area (Å²) in [4.78, 5) is 13.7. The van der Waals surface area contributed by atoms with Crippen molar-refractivity contribution in [1.82, 2.24) is 20.2 Å². The number of anilines is 1. The maximum atomic E-state index is 4.55. The lowest BCUT2D eigenvalue weighted by molar-refractivity contribution is 0.395. The highest BCUT2D eigenvalue weighted by Gasteiger charge is 2.21. The monoisotopic (exact) mass is 291 g/mol. The third-order valence-corrected chi connectivity index (χ3v) is 3.96. The van der Waals surface area contributed by atoms with E-state index >= 15 is 0 Å². The average Bonchev–Trinajstić information content (AvgIpc) is 2.84. The summed E-state index contributed by atoms with van der Waals surface area (Å²) in [6, 6.07) is 0. The molecular formula is C16H29N5. The van der Waals surface area contributed by atoms with Crippen molar-refractivity contribution in [2.75, 3.05) is 45.2 Å². The number of likely N-dealkylation sites (tertiary alicyclic amines) is 1. The second-order valence-corrected chi connectivity index (χ2v) is 6.69. The summed E-state index contributed by atoms with van der Waals surface area (Å²) in [5.41, 5.74) is 1.01. The molecule has 1 saturated heterocycles. The first kappa shape index (κ1) is 16.2. The second kappa shape index (κ2) is 7.71. The third kappa shape index (κ3) is 5.25. The molecule has 1 aliphatic rings. The maximum absolute atomic E-state index is 4.55. The minimum atomic E-state index is 0.660. The lowest BCUT2D eigenvalue weighted by Crippen LogP contribution is -2.28. The highest BCUT2D eigenvalue weighted by Crippen LogP contribution is 2.17. The SMILES string of the molecule is CC(C)CNCc1cnc(N(C)CC2CCN(C)C2)cn1. The maximum Gasteiger partial charge on any atom is 0.146 e. The van der Waals surface area contributed by atoms with Gasteiger partial charge in [-0.3, -0.25) is 4.98 Å². The molecule has 1 aliphatic heterocycles. The van der Waals surface area contributed by atoms with Crippen molar-refractivity contribution in [2.45, 2.75) is 26.8 Å². The molecular weight excluding hydrogens is 262 g/mol. The zero-order chi connectivity index (χ0) is 15.2. The van der Waals surface area contributed by atoms with E-state index in [2.05, 4.69) is 53.0 Å². The zero-order valence-electron chi connectivity index (χ0n) is 13.8. The van der Waals surface area contributed by atoms with Crippen molar-refractivity contribution in [3.8, 4) is 0 Å². The molecule has 2 heterocycles. The lowest BCUT2D eigenvalue weighted by atomic mass is 10.1. The number of hydrogen-bond donors (Lipinski definition) is 1. The van der Waals surface area contributed by atoms with E-state index in [1.54, 1.807) is 0 Å². The van der Waals surface area contributed by atoms with Crippen LogP contribution in [0.25, 0.3) is 0 Å². The Bertz CT molecular complexity index is 417. The number of aromatic nitrogens is 2. The molecule has 5 nitrogen and oxygen atoms in total.